The summed E-state index contributed by atoms with van der Waals surface area (Å²) in [5, 5.41) is 0. The molecule has 0 amide bonds. The first-order chi connectivity index (χ1) is 8.12. The molecule has 17 heavy (non-hydrogen) atoms. The highest BCUT2D eigenvalue weighted by atomic mass is 32.2. The average molecular weight is 264 g/mol. The predicted octanol–water partition coefficient (Wildman–Crippen LogP) is 3.88. The van der Waals surface area contributed by atoms with E-state index in [0.29, 0.717) is 6.61 Å². The van der Waals surface area contributed by atoms with Crippen molar-refractivity contribution in [3.63, 3.8) is 0 Å². The maximum atomic E-state index is 11.3. The van der Waals surface area contributed by atoms with Crippen molar-refractivity contribution in [1.29, 1.82) is 0 Å². The zero-order chi connectivity index (χ0) is 13.0. The highest BCUT2D eigenvalue weighted by molar-refractivity contribution is 7.86. The molecule has 0 N–H and O–H groups in total. The van der Waals surface area contributed by atoms with E-state index >= 15 is 0 Å². The van der Waals surface area contributed by atoms with E-state index in [1.165, 1.54) is 32.1 Å². The fourth-order valence-corrected chi connectivity index (χ4v) is 2.78. The summed E-state index contributed by atoms with van der Waals surface area (Å²) in [5.74, 6) is 0.183. The van der Waals surface area contributed by atoms with Gasteiger partial charge >= 0.3 is 0 Å². The van der Waals surface area contributed by atoms with Gasteiger partial charge < -0.3 is 0 Å². The van der Waals surface area contributed by atoms with E-state index in [-0.39, 0.29) is 5.75 Å². The minimum atomic E-state index is -3.25. The molecule has 0 radical (unpaired) electrons. The van der Waals surface area contributed by atoms with E-state index in [4.69, 9.17) is 4.18 Å². The van der Waals surface area contributed by atoms with Crippen LogP contribution in [0.15, 0.2) is 0 Å². The molecule has 0 rings (SSSR count). The SMILES string of the molecule is CCCCCCCCCCS(=O)(=O)OCCC. The van der Waals surface area contributed by atoms with E-state index < -0.39 is 10.1 Å². The Labute approximate surface area is 107 Å². The maximum absolute atomic E-state index is 11.3. The molecular formula is C13H28O3S. The molecule has 0 fully saturated rings. The van der Waals surface area contributed by atoms with Crippen LogP contribution in [0.2, 0.25) is 0 Å². The van der Waals surface area contributed by atoms with Crippen LogP contribution in [0.1, 0.15) is 71.6 Å². The van der Waals surface area contributed by atoms with Crippen LogP contribution in [0, 0.1) is 0 Å². The normalized spacial score (nSPS) is 11.9. The molecule has 0 aliphatic heterocycles. The van der Waals surface area contributed by atoms with Crippen LogP contribution < -0.4 is 0 Å². The Balaban J connectivity index is 3.32. The van der Waals surface area contributed by atoms with Gasteiger partial charge in [0.15, 0.2) is 0 Å². The summed E-state index contributed by atoms with van der Waals surface area (Å²) in [6.07, 6.45) is 10.0. The molecule has 0 aromatic heterocycles. The summed E-state index contributed by atoms with van der Waals surface area (Å²) in [6, 6.07) is 0. The van der Waals surface area contributed by atoms with Gasteiger partial charge in [-0.05, 0) is 12.8 Å². The second kappa shape index (κ2) is 11.0. The first-order valence-electron chi connectivity index (χ1n) is 6.99. The molecule has 0 spiro atoms. The number of rotatable bonds is 12. The van der Waals surface area contributed by atoms with E-state index in [9.17, 15) is 8.42 Å². The fourth-order valence-electron chi connectivity index (χ4n) is 1.68. The topological polar surface area (TPSA) is 43.4 Å². The molecule has 0 saturated heterocycles. The molecule has 0 saturated carbocycles. The Morgan fingerprint density at radius 3 is 1.82 bits per heavy atom. The lowest BCUT2D eigenvalue weighted by molar-refractivity contribution is 0.317. The van der Waals surface area contributed by atoms with Gasteiger partial charge in [0.1, 0.15) is 0 Å². The fraction of sp³-hybridized carbons (Fsp3) is 1.00. The summed E-state index contributed by atoms with van der Waals surface area (Å²) in [6.45, 7) is 4.44. The van der Waals surface area contributed by atoms with E-state index in [2.05, 4.69) is 6.92 Å². The quantitative estimate of drug-likeness (QED) is 0.397. The maximum Gasteiger partial charge on any atom is 0.267 e. The van der Waals surface area contributed by atoms with Crippen molar-refractivity contribution in [3.8, 4) is 0 Å². The molecule has 0 unspecified atom stereocenters. The molecule has 4 heteroatoms. The Morgan fingerprint density at radius 2 is 1.29 bits per heavy atom. The van der Waals surface area contributed by atoms with Gasteiger partial charge in [-0.2, -0.15) is 8.42 Å². The van der Waals surface area contributed by atoms with Crippen molar-refractivity contribution in [3.05, 3.63) is 0 Å². The number of hydrogen-bond acceptors (Lipinski definition) is 3. The van der Waals surface area contributed by atoms with Gasteiger partial charge in [-0.3, -0.25) is 4.18 Å². The molecule has 104 valence electrons. The van der Waals surface area contributed by atoms with Crippen LogP contribution in [-0.4, -0.2) is 20.8 Å². The summed E-state index contributed by atoms with van der Waals surface area (Å²) in [4.78, 5) is 0. The molecule has 3 nitrogen and oxygen atoms in total. The van der Waals surface area contributed by atoms with Crippen molar-refractivity contribution < 1.29 is 12.6 Å². The van der Waals surface area contributed by atoms with Gasteiger partial charge in [-0.25, -0.2) is 0 Å². The Kier molecular flexibility index (Phi) is 11.0. The molecule has 0 aromatic carbocycles. The van der Waals surface area contributed by atoms with Gasteiger partial charge in [0.2, 0.25) is 0 Å². The first kappa shape index (κ1) is 16.9. The van der Waals surface area contributed by atoms with Gasteiger partial charge in [0.05, 0.1) is 12.4 Å². The minimum Gasteiger partial charge on any atom is -0.270 e. The van der Waals surface area contributed by atoms with Crippen LogP contribution in [0.25, 0.3) is 0 Å². The van der Waals surface area contributed by atoms with Crippen molar-refractivity contribution in [1.82, 2.24) is 0 Å². The largest absolute Gasteiger partial charge is 0.270 e. The molecular weight excluding hydrogens is 236 g/mol. The average Bonchev–Trinajstić information content (AvgIpc) is 2.30. The zero-order valence-electron chi connectivity index (χ0n) is 11.4. The van der Waals surface area contributed by atoms with Gasteiger partial charge in [0, 0.05) is 0 Å². The monoisotopic (exact) mass is 264 g/mol. The van der Waals surface area contributed by atoms with Gasteiger partial charge in [-0.15, -0.1) is 0 Å². The molecule has 0 aliphatic carbocycles. The molecule has 0 heterocycles. The predicted molar refractivity (Wildman–Crippen MR) is 72.6 cm³/mol. The third kappa shape index (κ3) is 12.2. The van der Waals surface area contributed by atoms with Crippen LogP contribution in [-0.2, 0) is 14.3 Å². The molecule has 0 aromatic rings. The second-order valence-corrected chi connectivity index (χ2v) is 6.32. The summed E-state index contributed by atoms with van der Waals surface area (Å²) in [7, 11) is -3.25. The summed E-state index contributed by atoms with van der Waals surface area (Å²) < 4.78 is 27.5. The van der Waals surface area contributed by atoms with Crippen molar-refractivity contribution in [2.45, 2.75) is 71.6 Å². The minimum absolute atomic E-state index is 0.183. The lowest BCUT2D eigenvalue weighted by Crippen LogP contribution is -2.11. The van der Waals surface area contributed by atoms with Crippen molar-refractivity contribution >= 4 is 10.1 Å². The lowest BCUT2D eigenvalue weighted by Gasteiger charge is -2.04. The second-order valence-electron chi connectivity index (χ2n) is 4.56. The zero-order valence-corrected chi connectivity index (χ0v) is 12.2. The van der Waals surface area contributed by atoms with Gasteiger partial charge in [-0.1, -0.05) is 58.8 Å². The molecule has 0 aliphatic rings. The van der Waals surface area contributed by atoms with Crippen LogP contribution in [0.5, 0.6) is 0 Å². The van der Waals surface area contributed by atoms with E-state index in [1.807, 2.05) is 6.92 Å². The van der Waals surface area contributed by atoms with Crippen molar-refractivity contribution in [2.24, 2.45) is 0 Å². The van der Waals surface area contributed by atoms with Crippen LogP contribution >= 0.6 is 0 Å². The Morgan fingerprint density at radius 1 is 0.765 bits per heavy atom. The highest BCUT2D eigenvalue weighted by Gasteiger charge is 2.09. The summed E-state index contributed by atoms with van der Waals surface area (Å²) >= 11 is 0. The third-order valence-electron chi connectivity index (χ3n) is 2.71. The molecule has 0 atom stereocenters. The van der Waals surface area contributed by atoms with Gasteiger partial charge in [0.25, 0.3) is 10.1 Å². The highest BCUT2D eigenvalue weighted by Crippen LogP contribution is 2.09. The van der Waals surface area contributed by atoms with Crippen molar-refractivity contribution in [2.75, 3.05) is 12.4 Å². The number of hydrogen-bond donors (Lipinski definition) is 0. The molecule has 0 bridgehead atoms. The van der Waals surface area contributed by atoms with E-state index in [0.717, 1.165) is 25.7 Å². The standard InChI is InChI=1S/C13H28O3S/c1-3-5-6-7-8-9-10-11-13-17(14,15)16-12-4-2/h3-13H2,1-2H3. The number of unbranched alkanes of at least 4 members (excludes halogenated alkanes) is 7. The summed E-state index contributed by atoms with van der Waals surface area (Å²) in [5.41, 5.74) is 0. The van der Waals surface area contributed by atoms with Crippen LogP contribution in [0.4, 0.5) is 0 Å². The first-order valence-corrected chi connectivity index (χ1v) is 8.57. The third-order valence-corrected chi connectivity index (χ3v) is 4.03. The van der Waals surface area contributed by atoms with E-state index in [1.54, 1.807) is 0 Å². The Bertz CT molecular complexity index is 247. The smallest absolute Gasteiger partial charge is 0.267 e. The Hall–Kier alpha value is -0.0900. The van der Waals surface area contributed by atoms with Crippen LogP contribution in [0.3, 0.4) is 0 Å². The lowest BCUT2D eigenvalue weighted by atomic mass is 10.1.